The second-order valence-corrected chi connectivity index (χ2v) is 25.6. The minimum atomic E-state index is -2.25. The van der Waals surface area contributed by atoms with Gasteiger partial charge in [0.2, 0.25) is 0 Å². The molecule has 7 rings (SSSR count). The van der Waals surface area contributed by atoms with Gasteiger partial charge in [0.15, 0.2) is 0 Å². The molecule has 0 saturated carbocycles. The molecule has 0 radical (unpaired) electrons. The molecular weight excluding hydrogens is 805 g/mol. The fourth-order valence-electron chi connectivity index (χ4n) is 6.07. The summed E-state index contributed by atoms with van der Waals surface area (Å²) >= 11 is 0. The zero-order valence-electron chi connectivity index (χ0n) is 35.3. The lowest BCUT2D eigenvalue weighted by Crippen LogP contribution is -2.53. The molecule has 0 amide bonds. The number of hydrogen-bond acceptors (Lipinski definition) is 11. The van der Waals surface area contributed by atoms with Crippen molar-refractivity contribution >= 4 is 36.4 Å². The molecule has 0 spiro atoms. The van der Waals surface area contributed by atoms with Crippen molar-refractivity contribution in [2.45, 2.75) is 89.1 Å². The summed E-state index contributed by atoms with van der Waals surface area (Å²) in [5.41, 5.74) is 5.32. The Balaban J connectivity index is 0.000000210. The van der Waals surface area contributed by atoms with Crippen LogP contribution in [0, 0.1) is 0 Å². The zero-order valence-corrected chi connectivity index (χ0v) is 39.8. The summed E-state index contributed by atoms with van der Waals surface area (Å²) in [6.07, 6.45) is 7.27. The lowest BCUT2D eigenvalue weighted by Gasteiger charge is -2.37. The highest BCUT2D eigenvalue weighted by molar-refractivity contribution is 6.81. The van der Waals surface area contributed by atoms with Gasteiger partial charge in [-0.3, -0.25) is 0 Å². The summed E-state index contributed by atoms with van der Waals surface area (Å²) in [6, 6.07) is 26.2. The summed E-state index contributed by atoms with van der Waals surface area (Å²) in [7, 11) is -7.18. The van der Waals surface area contributed by atoms with Crippen molar-refractivity contribution in [3.63, 3.8) is 0 Å². The van der Waals surface area contributed by atoms with Crippen LogP contribution in [0.1, 0.15) is 42.5 Å². The second kappa shape index (κ2) is 24.5. The third kappa shape index (κ3) is 18.2. The third-order valence-electron chi connectivity index (χ3n) is 9.57. The van der Waals surface area contributed by atoms with Crippen molar-refractivity contribution in [1.29, 1.82) is 0 Å². The Bertz CT molecular complexity index is 1570. The van der Waals surface area contributed by atoms with Crippen molar-refractivity contribution in [2.75, 3.05) is 46.2 Å². The molecule has 5 unspecified atom stereocenters. The van der Waals surface area contributed by atoms with E-state index in [2.05, 4.69) is 105 Å². The molecule has 4 heterocycles. The van der Waals surface area contributed by atoms with E-state index in [0.29, 0.717) is 13.2 Å². The number of aliphatic hydroxyl groups is 2. The number of allylic oxidation sites excluding steroid dienone is 2. The summed E-state index contributed by atoms with van der Waals surface area (Å²) in [6.45, 7) is 24.5. The van der Waals surface area contributed by atoms with E-state index in [-0.39, 0.29) is 36.9 Å². The first kappa shape index (κ1) is 47.9. The van der Waals surface area contributed by atoms with Crippen LogP contribution in [0.3, 0.4) is 0 Å². The van der Waals surface area contributed by atoms with Gasteiger partial charge in [-0.15, -0.1) is 13.2 Å². The van der Waals surface area contributed by atoms with Gasteiger partial charge in [-0.1, -0.05) is 74.5 Å². The first-order chi connectivity index (χ1) is 27.9. The van der Waals surface area contributed by atoms with Crippen molar-refractivity contribution in [3.8, 4) is 11.5 Å². The van der Waals surface area contributed by atoms with Crippen LogP contribution in [0.25, 0.3) is 0 Å². The van der Waals surface area contributed by atoms with E-state index in [9.17, 15) is 0 Å². The fourth-order valence-corrected chi connectivity index (χ4v) is 20.7. The molecule has 4 saturated heterocycles. The first-order valence-electron chi connectivity index (χ1n) is 20.4. The Morgan fingerprint density at radius 2 is 1.16 bits per heavy atom. The van der Waals surface area contributed by atoms with Crippen molar-refractivity contribution in [2.24, 2.45) is 0 Å². The van der Waals surface area contributed by atoms with E-state index < -0.39 is 36.4 Å². The molecule has 5 atom stereocenters. The van der Waals surface area contributed by atoms with Crippen molar-refractivity contribution in [3.05, 3.63) is 120 Å². The molecule has 0 bridgehead atoms. The number of ether oxygens (including phenoxy) is 5. The van der Waals surface area contributed by atoms with Crippen LogP contribution in [0.2, 0.25) is 32.2 Å². The lowest BCUT2D eigenvalue weighted by molar-refractivity contribution is 0.244. The van der Waals surface area contributed by atoms with Crippen LogP contribution in [-0.4, -0.2) is 111 Å². The molecule has 0 aromatic heterocycles. The quantitative estimate of drug-likeness (QED) is 0.0743. The van der Waals surface area contributed by atoms with Crippen LogP contribution in [-0.2, 0) is 48.9 Å². The number of epoxide rings is 3. The number of benzene rings is 3. The summed E-state index contributed by atoms with van der Waals surface area (Å²) in [5.74, 6) is 1.68. The molecular formula is C43H66O11Si4. The average molecular weight is 871 g/mol. The number of rotatable bonds is 16. The number of aliphatic hydroxyl groups excluding tert-OH is 2. The minimum absolute atomic E-state index is 0.00560. The molecule has 0 aliphatic carbocycles. The van der Waals surface area contributed by atoms with Crippen LogP contribution >= 0.6 is 0 Å². The maximum Gasteiger partial charge on any atom is 0.317 e. The van der Waals surface area contributed by atoms with Gasteiger partial charge in [-0.25, -0.2) is 0 Å². The molecule has 4 aliphatic rings. The SMILES string of the molecule is C=CCc1cccc(C(C)(C)c2cccc(CC=C)c2)c1.C[SiH]1O[SiH](C)O[Si](C)(CCCOc2ccc(OCC3CO3)cc2)O[SiH](C)O1.OCC1CO1.OCC1CO1. The van der Waals surface area contributed by atoms with Gasteiger partial charge in [0.1, 0.15) is 36.4 Å². The fraction of sp³-hybridized carbons (Fsp3) is 0.488. The van der Waals surface area contributed by atoms with E-state index in [0.717, 1.165) is 56.6 Å². The highest BCUT2D eigenvalue weighted by atomic mass is 28.5. The molecule has 2 N–H and O–H groups in total. The Morgan fingerprint density at radius 3 is 1.55 bits per heavy atom. The largest absolute Gasteiger partial charge is 0.494 e. The maximum atomic E-state index is 8.08. The van der Waals surface area contributed by atoms with Crippen molar-refractivity contribution < 1.29 is 50.4 Å². The van der Waals surface area contributed by atoms with Gasteiger partial charge in [0.05, 0.1) is 39.6 Å². The van der Waals surface area contributed by atoms with Gasteiger partial charge in [-0.05, 0) is 98.0 Å². The van der Waals surface area contributed by atoms with Crippen molar-refractivity contribution in [1.82, 2.24) is 0 Å². The molecule has 3 aromatic carbocycles. The molecule has 15 heteroatoms. The Labute approximate surface area is 352 Å². The zero-order chi connectivity index (χ0) is 42.0. The van der Waals surface area contributed by atoms with Gasteiger partial charge in [-0.2, -0.15) is 0 Å². The smallest absolute Gasteiger partial charge is 0.317 e. The minimum Gasteiger partial charge on any atom is -0.494 e. The predicted octanol–water partition coefficient (Wildman–Crippen LogP) is 6.16. The normalized spacial score (nSPS) is 25.7. The van der Waals surface area contributed by atoms with Gasteiger partial charge < -0.3 is 50.4 Å². The molecule has 11 nitrogen and oxygen atoms in total. The molecule has 4 aliphatic heterocycles. The van der Waals surface area contributed by atoms with Crippen LogP contribution in [0.15, 0.2) is 98.1 Å². The summed E-state index contributed by atoms with van der Waals surface area (Å²) in [4.78, 5) is 0. The third-order valence-corrected chi connectivity index (χ3v) is 23.6. The van der Waals surface area contributed by atoms with E-state index in [1.807, 2.05) is 43.0 Å². The highest BCUT2D eigenvalue weighted by Crippen LogP contribution is 2.33. The van der Waals surface area contributed by atoms with E-state index in [1.165, 1.54) is 22.3 Å². The van der Waals surface area contributed by atoms with Gasteiger partial charge in [0.25, 0.3) is 27.9 Å². The summed E-state index contributed by atoms with van der Waals surface area (Å²) in [5, 5.41) is 16.2. The van der Waals surface area contributed by atoms with Gasteiger partial charge >= 0.3 is 8.56 Å². The Kier molecular flexibility index (Phi) is 20.2. The van der Waals surface area contributed by atoms with Crippen LogP contribution in [0.4, 0.5) is 0 Å². The van der Waals surface area contributed by atoms with Crippen LogP contribution in [0.5, 0.6) is 11.5 Å². The molecule has 4 fully saturated rings. The molecule has 320 valence electrons. The lowest BCUT2D eigenvalue weighted by atomic mass is 9.77. The highest BCUT2D eigenvalue weighted by Gasteiger charge is 2.39. The topological polar surface area (TPSA) is 133 Å². The predicted molar refractivity (Wildman–Crippen MR) is 238 cm³/mol. The summed E-state index contributed by atoms with van der Waals surface area (Å²) < 4.78 is 50.3. The molecule has 3 aromatic rings. The standard InChI is InChI=1S/C21H24.C16H30O7Si4.2C3H6O2/c1-5-9-17-11-7-13-19(15-17)21(3,4)20-14-8-12-18(16-20)10-6-2;1-24-20-25(2)22-27(4,23-26(3)21-24)11-5-10-17-14-6-8-15(9-7-14)18-12-16-13-19-16;2*4-1-3-2-5-3/h5-8,11-16H,1-2,9-10H2,3-4H3;6-9,16,24-26H,5,10-13H2,1-4H3;2*3-4H,1-2H2. The van der Waals surface area contributed by atoms with E-state index in [1.54, 1.807) is 0 Å². The van der Waals surface area contributed by atoms with Crippen LogP contribution < -0.4 is 9.47 Å². The Hall–Kier alpha value is -2.75. The van der Waals surface area contributed by atoms with Gasteiger partial charge in [0, 0.05) is 5.41 Å². The molecule has 58 heavy (non-hydrogen) atoms. The second-order valence-electron chi connectivity index (χ2n) is 15.3. The van der Waals surface area contributed by atoms with E-state index in [4.69, 9.17) is 40.9 Å². The average Bonchev–Trinajstić information content (AvgIpc) is 4.05. The Morgan fingerprint density at radius 1 is 0.707 bits per heavy atom. The van der Waals surface area contributed by atoms with E-state index >= 15 is 0 Å². The number of hydrogen-bond donors (Lipinski definition) is 2. The maximum absolute atomic E-state index is 8.08. The first-order valence-corrected chi connectivity index (χ1v) is 29.2. The monoisotopic (exact) mass is 870 g/mol.